The lowest BCUT2D eigenvalue weighted by molar-refractivity contribution is -0.112. The van der Waals surface area contributed by atoms with Gasteiger partial charge in [-0.1, -0.05) is 13.8 Å². The predicted octanol–water partition coefficient (Wildman–Crippen LogP) is 1.24. The van der Waals surface area contributed by atoms with E-state index in [1.54, 1.807) is 0 Å². The van der Waals surface area contributed by atoms with Crippen molar-refractivity contribution >= 4 is 6.29 Å². The number of carbonyl (C=O) groups excluding carboxylic acids is 1. The van der Waals surface area contributed by atoms with Crippen molar-refractivity contribution in [1.29, 1.82) is 0 Å². The number of piperidine rings is 1. The lowest BCUT2D eigenvalue weighted by Gasteiger charge is -2.31. The molecule has 88 valence electrons. The van der Waals surface area contributed by atoms with Crippen LogP contribution < -0.4 is 0 Å². The third kappa shape index (κ3) is 4.31. The fourth-order valence-electron chi connectivity index (χ4n) is 2.14. The van der Waals surface area contributed by atoms with E-state index >= 15 is 0 Å². The largest absolute Gasteiger partial charge is 0.303 e. The molecule has 1 aliphatic rings. The van der Waals surface area contributed by atoms with E-state index in [0.29, 0.717) is 5.92 Å². The first-order chi connectivity index (χ1) is 7.30. The highest BCUT2D eigenvalue weighted by atomic mass is 16.1. The van der Waals surface area contributed by atoms with E-state index < -0.39 is 0 Å². The fraction of sp³-hybridized carbons (Fsp3) is 0.917. The molecule has 0 amide bonds. The molecular formula is C12H24N2O. The molecule has 1 aliphatic heterocycles. The number of rotatable bonds is 6. The maximum absolute atomic E-state index is 10.6. The molecule has 15 heavy (non-hydrogen) atoms. The van der Waals surface area contributed by atoms with Crippen molar-refractivity contribution in [2.75, 3.05) is 39.3 Å². The van der Waals surface area contributed by atoms with Gasteiger partial charge in [-0.05, 0) is 39.0 Å². The summed E-state index contributed by atoms with van der Waals surface area (Å²) >= 11 is 0. The van der Waals surface area contributed by atoms with Gasteiger partial charge in [0, 0.05) is 19.0 Å². The molecule has 0 aliphatic carbocycles. The van der Waals surface area contributed by atoms with Gasteiger partial charge in [-0.3, -0.25) is 0 Å². The van der Waals surface area contributed by atoms with Crippen molar-refractivity contribution in [3.8, 4) is 0 Å². The Balaban J connectivity index is 2.15. The minimum atomic E-state index is 0.328. The molecule has 0 bridgehead atoms. The number of likely N-dealkylation sites (N-methyl/N-ethyl adjacent to an activating group) is 1. The van der Waals surface area contributed by atoms with Crippen LogP contribution in [0.25, 0.3) is 0 Å². The van der Waals surface area contributed by atoms with Gasteiger partial charge in [-0.15, -0.1) is 0 Å². The molecule has 0 radical (unpaired) electrons. The first-order valence-electron chi connectivity index (χ1n) is 6.20. The molecule has 3 heteroatoms. The van der Waals surface area contributed by atoms with Crippen molar-refractivity contribution in [3.63, 3.8) is 0 Å². The molecule has 0 atom stereocenters. The fourth-order valence-corrected chi connectivity index (χ4v) is 2.14. The van der Waals surface area contributed by atoms with Crippen LogP contribution in [0.1, 0.15) is 26.7 Å². The zero-order valence-corrected chi connectivity index (χ0v) is 10.1. The normalized spacial score (nSPS) is 19.7. The average molecular weight is 212 g/mol. The van der Waals surface area contributed by atoms with E-state index in [0.717, 1.165) is 51.9 Å². The predicted molar refractivity (Wildman–Crippen MR) is 63.0 cm³/mol. The van der Waals surface area contributed by atoms with Gasteiger partial charge in [0.05, 0.1) is 0 Å². The molecule has 1 saturated heterocycles. The third-order valence-electron chi connectivity index (χ3n) is 3.45. The number of aldehydes is 1. The van der Waals surface area contributed by atoms with Crippen LogP contribution in [0.4, 0.5) is 0 Å². The molecule has 1 heterocycles. The maximum atomic E-state index is 10.6. The lowest BCUT2D eigenvalue weighted by atomic mass is 9.99. The van der Waals surface area contributed by atoms with Crippen LogP contribution in [0.5, 0.6) is 0 Å². The van der Waals surface area contributed by atoms with E-state index in [2.05, 4.69) is 23.6 Å². The Morgan fingerprint density at radius 3 is 2.33 bits per heavy atom. The van der Waals surface area contributed by atoms with Crippen LogP contribution in [0.2, 0.25) is 0 Å². The van der Waals surface area contributed by atoms with Crippen LogP contribution in [-0.2, 0) is 4.79 Å². The molecule has 0 unspecified atom stereocenters. The molecular weight excluding hydrogens is 188 g/mol. The van der Waals surface area contributed by atoms with Gasteiger partial charge in [-0.2, -0.15) is 0 Å². The SMILES string of the molecule is CCN(CC)CCN1CCC(C=O)CC1. The van der Waals surface area contributed by atoms with Gasteiger partial charge in [0.15, 0.2) is 0 Å². The third-order valence-corrected chi connectivity index (χ3v) is 3.45. The minimum absolute atomic E-state index is 0.328. The summed E-state index contributed by atoms with van der Waals surface area (Å²) in [7, 11) is 0. The molecule has 1 rings (SSSR count). The molecule has 0 aromatic rings. The highest BCUT2D eigenvalue weighted by molar-refractivity contribution is 5.53. The van der Waals surface area contributed by atoms with Crippen LogP contribution in [0.15, 0.2) is 0 Å². The quantitative estimate of drug-likeness (QED) is 0.619. The highest BCUT2D eigenvalue weighted by Gasteiger charge is 2.18. The molecule has 0 N–H and O–H groups in total. The minimum Gasteiger partial charge on any atom is -0.303 e. The molecule has 0 spiro atoms. The molecule has 1 fully saturated rings. The van der Waals surface area contributed by atoms with Crippen molar-refractivity contribution in [2.45, 2.75) is 26.7 Å². The Morgan fingerprint density at radius 1 is 1.27 bits per heavy atom. The number of likely N-dealkylation sites (tertiary alicyclic amines) is 1. The second-order valence-electron chi connectivity index (χ2n) is 4.34. The summed E-state index contributed by atoms with van der Waals surface area (Å²) in [6.07, 6.45) is 3.24. The van der Waals surface area contributed by atoms with Gasteiger partial charge in [0.25, 0.3) is 0 Å². The highest BCUT2D eigenvalue weighted by Crippen LogP contribution is 2.14. The molecule has 0 aromatic heterocycles. The maximum Gasteiger partial charge on any atom is 0.123 e. The van der Waals surface area contributed by atoms with E-state index in [1.807, 2.05) is 0 Å². The van der Waals surface area contributed by atoms with E-state index in [1.165, 1.54) is 6.54 Å². The van der Waals surface area contributed by atoms with Crippen LogP contribution >= 0.6 is 0 Å². The topological polar surface area (TPSA) is 23.6 Å². The Kier molecular flexibility index (Phi) is 5.88. The van der Waals surface area contributed by atoms with Crippen LogP contribution in [-0.4, -0.2) is 55.4 Å². The molecule has 0 aromatic carbocycles. The Bertz CT molecular complexity index is 172. The van der Waals surface area contributed by atoms with Crippen molar-refractivity contribution in [3.05, 3.63) is 0 Å². The van der Waals surface area contributed by atoms with E-state index in [-0.39, 0.29) is 0 Å². The van der Waals surface area contributed by atoms with Crippen molar-refractivity contribution in [2.24, 2.45) is 5.92 Å². The summed E-state index contributed by atoms with van der Waals surface area (Å²) in [5.74, 6) is 0.328. The summed E-state index contributed by atoms with van der Waals surface area (Å²) in [6, 6.07) is 0. The number of hydrogen-bond donors (Lipinski definition) is 0. The van der Waals surface area contributed by atoms with Crippen LogP contribution in [0, 0.1) is 5.92 Å². The first-order valence-corrected chi connectivity index (χ1v) is 6.20. The second-order valence-corrected chi connectivity index (χ2v) is 4.34. The van der Waals surface area contributed by atoms with Gasteiger partial charge in [-0.25, -0.2) is 0 Å². The number of hydrogen-bond acceptors (Lipinski definition) is 3. The first kappa shape index (κ1) is 12.7. The van der Waals surface area contributed by atoms with Gasteiger partial charge < -0.3 is 14.6 Å². The average Bonchev–Trinajstić information content (AvgIpc) is 2.31. The van der Waals surface area contributed by atoms with Gasteiger partial charge >= 0.3 is 0 Å². The Hall–Kier alpha value is -0.410. The Morgan fingerprint density at radius 2 is 1.87 bits per heavy atom. The smallest absolute Gasteiger partial charge is 0.123 e. The standard InChI is InChI=1S/C12H24N2O/c1-3-13(4-2)9-10-14-7-5-12(11-15)6-8-14/h11-12H,3-10H2,1-2H3. The zero-order chi connectivity index (χ0) is 11.1. The summed E-state index contributed by atoms with van der Waals surface area (Å²) < 4.78 is 0. The number of carbonyl (C=O) groups is 1. The summed E-state index contributed by atoms with van der Waals surface area (Å²) in [6.45, 7) is 11.2. The van der Waals surface area contributed by atoms with Crippen molar-refractivity contribution in [1.82, 2.24) is 9.80 Å². The van der Waals surface area contributed by atoms with Crippen LogP contribution in [0.3, 0.4) is 0 Å². The van der Waals surface area contributed by atoms with Gasteiger partial charge in [0.1, 0.15) is 6.29 Å². The second kappa shape index (κ2) is 6.96. The molecule has 3 nitrogen and oxygen atoms in total. The summed E-state index contributed by atoms with van der Waals surface area (Å²) in [4.78, 5) is 15.5. The lowest BCUT2D eigenvalue weighted by Crippen LogP contribution is -2.39. The monoisotopic (exact) mass is 212 g/mol. The number of nitrogens with zero attached hydrogens (tertiary/aromatic N) is 2. The van der Waals surface area contributed by atoms with Gasteiger partial charge in [0.2, 0.25) is 0 Å². The molecule has 0 saturated carbocycles. The van der Waals surface area contributed by atoms with E-state index in [4.69, 9.17) is 0 Å². The Labute approximate surface area is 93.4 Å². The summed E-state index contributed by atoms with van der Waals surface area (Å²) in [5.41, 5.74) is 0. The summed E-state index contributed by atoms with van der Waals surface area (Å²) in [5, 5.41) is 0. The zero-order valence-electron chi connectivity index (χ0n) is 10.1. The van der Waals surface area contributed by atoms with E-state index in [9.17, 15) is 4.79 Å². The van der Waals surface area contributed by atoms with Crippen molar-refractivity contribution < 1.29 is 4.79 Å².